The molecule has 0 bridgehead atoms. The number of thioether (sulfide) groups is 1. The molecule has 1 heterocycles. The van der Waals surface area contributed by atoms with E-state index in [4.69, 9.17) is 0 Å². The minimum atomic E-state index is -4.58. The third kappa shape index (κ3) is 6.23. The van der Waals surface area contributed by atoms with Crippen molar-refractivity contribution in [1.29, 1.82) is 0 Å². The number of aliphatic imine (C=N–C) groups is 2. The predicted molar refractivity (Wildman–Crippen MR) is 104 cm³/mol. The van der Waals surface area contributed by atoms with Gasteiger partial charge in [0.2, 0.25) is 0 Å². The number of dihydropyridines is 1. The predicted octanol–water partition coefficient (Wildman–Crippen LogP) is 5.96. The molecule has 0 fully saturated rings. The highest BCUT2D eigenvalue weighted by Gasteiger charge is 2.37. The molecule has 3 nitrogen and oxygen atoms in total. The van der Waals surface area contributed by atoms with Crippen LogP contribution in [-0.4, -0.2) is 54.7 Å². The normalized spacial score (nSPS) is 20.4. The van der Waals surface area contributed by atoms with E-state index in [1.165, 1.54) is 30.9 Å². The highest BCUT2D eigenvalue weighted by atomic mass is 32.2. The van der Waals surface area contributed by atoms with Crippen molar-refractivity contribution < 1.29 is 30.7 Å². The van der Waals surface area contributed by atoms with E-state index in [-0.39, 0.29) is 16.4 Å². The Morgan fingerprint density at radius 3 is 2.30 bits per heavy atom. The van der Waals surface area contributed by atoms with Gasteiger partial charge in [0.05, 0.1) is 17.7 Å². The molecule has 0 aromatic heterocycles. The second kappa shape index (κ2) is 8.99. The van der Waals surface area contributed by atoms with Crippen LogP contribution in [-0.2, 0) is 0 Å². The van der Waals surface area contributed by atoms with Gasteiger partial charge in [0.15, 0.2) is 0 Å². The van der Waals surface area contributed by atoms with Gasteiger partial charge in [0.1, 0.15) is 23.1 Å². The Hall–Kier alpha value is -2.04. The maximum atomic E-state index is 14.5. The summed E-state index contributed by atoms with van der Waals surface area (Å²) in [5.74, 6) is -2.31. The maximum Gasteiger partial charge on any atom is 0.432 e. The third-order valence-electron chi connectivity index (χ3n) is 4.24. The second-order valence-electron chi connectivity index (χ2n) is 6.98. The number of allylic oxidation sites excluding steroid dienone is 1. The van der Waals surface area contributed by atoms with Crippen LogP contribution in [0.1, 0.15) is 12.5 Å². The smallest absolute Gasteiger partial charge is 0.366 e. The number of alkyl halides is 6. The number of halogens is 7. The standard InChI is InChI=1S/C19H20F7N3S/c1-10-7-13(20)14(8-15(10)30-9-18(21,22)23)28-17(29(3)4)12-5-6-16(19(24,25)26)27-11(12)2/h5-8,11-12H,9H2,1-4H3. The van der Waals surface area contributed by atoms with Gasteiger partial charge >= 0.3 is 12.4 Å². The Morgan fingerprint density at radius 2 is 1.80 bits per heavy atom. The number of hydrogen-bond acceptors (Lipinski definition) is 3. The molecule has 1 aromatic carbocycles. The van der Waals surface area contributed by atoms with Crippen LogP contribution >= 0.6 is 11.8 Å². The summed E-state index contributed by atoms with van der Waals surface area (Å²) < 4.78 is 90.7. The number of aryl methyl sites for hydroxylation is 1. The van der Waals surface area contributed by atoms with Crippen molar-refractivity contribution in [3.05, 3.63) is 35.7 Å². The lowest BCUT2D eigenvalue weighted by atomic mass is 9.95. The molecule has 0 spiro atoms. The monoisotopic (exact) mass is 455 g/mol. The third-order valence-corrected chi connectivity index (χ3v) is 5.46. The second-order valence-corrected chi connectivity index (χ2v) is 7.99. The molecule has 0 aliphatic carbocycles. The molecule has 1 aliphatic heterocycles. The van der Waals surface area contributed by atoms with E-state index in [9.17, 15) is 30.7 Å². The Labute approximate surface area is 173 Å². The number of hydrogen-bond donors (Lipinski definition) is 0. The highest BCUT2D eigenvalue weighted by molar-refractivity contribution is 7.99. The average Bonchev–Trinajstić information content (AvgIpc) is 2.58. The van der Waals surface area contributed by atoms with Crippen LogP contribution in [0.4, 0.5) is 36.4 Å². The first-order valence-electron chi connectivity index (χ1n) is 8.78. The van der Waals surface area contributed by atoms with Crippen molar-refractivity contribution in [2.75, 3.05) is 19.8 Å². The SMILES string of the molecule is Cc1cc(F)c(N=C(C2C=CC(C(F)(F)F)=NC2C)N(C)C)cc1SCC(F)(F)F. The number of nitrogens with zero attached hydrogens (tertiary/aromatic N) is 3. The lowest BCUT2D eigenvalue weighted by Gasteiger charge is -2.28. The van der Waals surface area contributed by atoms with Crippen LogP contribution in [0, 0.1) is 18.7 Å². The van der Waals surface area contributed by atoms with E-state index in [1.807, 2.05) is 0 Å². The van der Waals surface area contributed by atoms with Gasteiger partial charge in [-0.2, -0.15) is 26.3 Å². The van der Waals surface area contributed by atoms with Gasteiger partial charge in [-0.05, 0) is 37.6 Å². The van der Waals surface area contributed by atoms with Crippen molar-refractivity contribution in [3.8, 4) is 0 Å². The van der Waals surface area contributed by atoms with E-state index < -0.39 is 41.6 Å². The quantitative estimate of drug-likeness (QED) is 0.243. The summed E-state index contributed by atoms with van der Waals surface area (Å²) in [7, 11) is 3.18. The molecule has 0 saturated heterocycles. The maximum absolute atomic E-state index is 14.5. The van der Waals surface area contributed by atoms with E-state index in [0.717, 1.165) is 12.1 Å². The molecule has 0 radical (unpaired) electrons. The molecule has 2 atom stereocenters. The van der Waals surface area contributed by atoms with E-state index in [0.29, 0.717) is 17.3 Å². The molecular weight excluding hydrogens is 435 g/mol. The van der Waals surface area contributed by atoms with Crippen molar-refractivity contribution >= 4 is 29.0 Å². The summed E-state index contributed by atoms with van der Waals surface area (Å²) in [6.07, 6.45) is -6.83. The zero-order valence-corrected chi connectivity index (χ0v) is 17.4. The summed E-state index contributed by atoms with van der Waals surface area (Å²) in [6, 6.07) is 1.48. The Bertz CT molecular complexity index is 870. The summed E-state index contributed by atoms with van der Waals surface area (Å²) in [5, 5.41) is 0. The molecule has 0 N–H and O–H groups in total. The molecular formula is C19H20F7N3S. The Kier molecular flexibility index (Phi) is 7.26. The minimum Gasteiger partial charge on any atom is -0.366 e. The summed E-state index contributed by atoms with van der Waals surface area (Å²) in [6.45, 7) is 2.97. The zero-order chi connectivity index (χ0) is 22.9. The highest BCUT2D eigenvalue weighted by Crippen LogP contribution is 2.34. The van der Waals surface area contributed by atoms with E-state index in [1.54, 1.807) is 14.1 Å². The summed E-state index contributed by atoms with van der Waals surface area (Å²) in [4.78, 5) is 9.63. The number of rotatable bonds is 4. The number of amidine groups is 1. The van der Waals surface area contributed by atoms with Gasteiger partial charge in [-0.3, -0.25) is 4.99 Å². The molecule has 11 heteroatoms. The number of benzene rings is 1. The average molecular weight is 455 g/mol. The lowest BCUT2D eigenvalue weighted by molar-refractivity contribution is -0.105. The topological polar surface area (TPSA) is 28.0 Å². The minimum absolute atomic E-state index is 0.194. The fourth-order valence-corrected chi connectivity index (χ4v) is 3.61. The molecule has 2 unspecified atom stereocenters. The van der Waals surface area contributed by atoms with Crippen molar-refractivity contribution in [2.45, 2.75) is 37.1 Å². The molecule has 0 saturated carbocycles. The Morgan fingerprint density at radius 1 is 1.17 bits per heavy atom. The molecule has 30 heavy (non-hydrogen) atoms. The zero-order valence-electron chi connectivity index (χ0n) is 16.6. The van der Waals surface area contributed by atoms with E-state index >= 15 is 0 Å². The molecule has 1 aliphatic rings. The molecule has 166 valence electrons. The van der Waals surface area contributed by atoms with Crippen LogP contribution in [0.3, 0.4) is 0 Å². The fraction of sp³-hybridized carbons (Fsp3) is 0.474. The first-order chi connectivity index (χ1) is 13.7. The summed E-state index contributed by atoms with van der Waals surface area (Å²) >= 11 is 0.516. The Balaban J connectivity index is 2.41. The van der Waals surface area contributed by atoms with Gasteiger partial charge in [0.25, 0.3) is 0 Å². The summed E-state index contributed by atoms with van der Waals surface area (Å²) in [5.41, 5.74) is -0.880. The first kappa shape index (κ1) is 24.2. The largest absolute Gasteiger partial charge is 0.432 e. The van der Waals surface area contributed by atoms with Gasteiger partial charge in [-0.15, -0.1) is 11.8 Å². The molecule has 0 amide bonds. The van der Waals surface area contributed by atoms with Crippen LogP contribution in [0.5, 0.6) is 0 Å². The van der Waals surface area contributed by atoms with Gasteiger partial charge in [-0.1, -0.05) is 6.08 Å². The fourth-order valence-electron chi connectivity index (χ4n) is 2.81. The van der Waals surface area contributed by atoms with Crippen LogP contribution in [0.15, 0.2) is 39.2 Å². The van der Waals surface area contributed by atoms with Gasteiger partial charge in [0, 0.05) is 19.0 Å². The van der Waals surface area contributed by atoms with Crippen molar-refractivity contribution in [1.82, 2.24) is 4.90 Å². The van der Waals surface area contributed by atoms with Crippen LogP contribution in [0.25, 0.3) is 0 Å². The van der Waals surface area contributed by atoms with Gasteiger partial charge < -0.3 is 4.90 Å². The molecule has 2 rings (SSSR count). The lowest BCUT2D eigenvalue weighted by Crippen LogP contribution is -2.37. The van der Waals surface area contributed by atoms with Crippen LogP contribution in [0.2, 0.25) is 0 Å². The van der Waals surface area contributed by atoms with Crippen LogP contribution < -0.4 is 0 Å². The van der Waals surface area contributed by atoms with Gasteiger partial charge in [-0.25, -0.2) is 9.38 Å². The van der Waals surface area contributed by atoms with E-state index in [2.05, 4.69) is 9.98 Å². The first-order valence-corrected chi connectivity index (χ1v) is 9.76. The molecule has 1 aromatic rings. The van der Waals surface area contributed by atoms with Crippen molar-refractivity contribution in [3.63, 3.8) is 0 Å². The van der Waals surface area contributed by atoms with Crippen molar-refractivity contribution in [2.24, 2.45) is 15.9 Å².